The molecule has 2 aromatic carbocycles. The van der Waals surface area contributed by atoms with Gasteiger partial charge in [0, 0.05) is 24.9 Å². The molecular weight excluding hydrogens is 416 g/mol. The summed E-state index contributed by atoms with van der Waals surface area (Å²) in [6.07, 6.45) is 2.55. The summed E-state index contributed by atoms with van der Waals surface area (Å²) in [7, 11) is -3.94. The van der Waals surface area contributed by atoms with Gasteiger partial charge in [0.1, 0.15) is 6.10 Å². The number of nitrogens with zero attached hydrogens (tertiary/aromatic N) is 1. The molecule has 2 amide bonds. The fraction of sp³-hybridized carbons (Fsp3) is 0.391. The van der Waals surface area contributed by atoms with Gasteiger partial charge >= 0.3 is 12.0 Å². The average molecular weight is 443 g/mol. The SMILES string of the molecule is Cc1ccc(S(=O)(=O)NC(=O)N2[C@@H]3CC[C@H]2CC(OC(=O)Cc2ccccc2)C3)cc1. The molecule has 4 rings (SSSR count). The Hall–Kier alpha value is -2.87. The van der Waals surface area contributed by atoms with Gasteiger partial charge in [-0.25, -0.2) is 17.9 Å². The molecule has 7 nitrogen and oxygen atoms in total. The van der Waals surface area contributed by atoms with Crippen LogP contribution in [0.1, 0.15) is 36.8 Å². The molecule has 2 aliphatic rings. The Labute approximate surface area is 182 Å². The lowest BCUT2D eigenvalue weighted by Gasteiger charge is -2.38. The number of rotatable bonds is 5. The number of carbonyl (C=O) groups excluding carboxylic acids is 2. The minimum Gasteiger partial charge on any atom is -0.462 e. The number of sulfonamides is 1. The topological polar surface area (TPSA) is 92.8 Å². The van der Waals surface area contributed by atoms with Gasteiger partial charge in [0.25, 0.3) is 10.0 Å². The second-order valence-electron chi connectivity index (χ2n) is 8.26. The summed E-state index contributed by atoms with van der Waals surface area (Å²) < 4.78 is 33.0. The molecule has 2 heterocycles. The number of fused-ring (bicyclic) bond motifs is 2. The number of ether oxygens (including phenoxy) is 1. The van der Waals surface area contributed by atoms with Crippen molar-refractivity contribution in [1.82, 2.24) is 9.62 Å². The third kappa shape index (κ3) is 4.90. The van der Waals surface area contributed by atoms with E-state index in [1.165, 1.54) is 12.1 Å². The molecule has 0 aliphatic carbocycles. The summed E-state index contributed by atoms with van der Waals surface area (Å²) in [5, 5.41) is 0. The number of hydrogen-bond acceptors (Lipinski definition) is 5. The maximum Gasteiger partial charge on any atom is 0.331 e. The third-order valence-corrected chi connectivity index (χ3v) is 7.30. The first-order valence-electron chi connectivity index (χ1n) is 10.5. The molecule has 8 heteroatoms. The molecule has 3 atom stereocenters. The maximum atomic E-state index is 12.8. The standard InChI is InChI=1S/C23H26N2O5S/c1-16-7-11-21(12-8-16)31(28,29)24-23(27)25-18-9-10-19(25)15-20(14-18)30-22(26)13-17-5-3-2-4-6-17/h2-8,11-12,18-20H,9-10,13-15H2,1H3,(H,24,27)/t18-,19+,20?. The van der Waals surface area contributed by atoms with Gasteiger partial charge in [-0.05, 0) is 37.5 Å². The molecule has 0 radical (unpaired) electrons. The van der Waals surface area contributed by atoms with E-state index in [9.17, 15) is 18.0 Å². The van der Waals surface area contributed by atoms with Crippen LogP contribution < -0.4 is 4.72 Å². The second kappa shape index (κ2) is 8.70. The monoisotopic (exact) mass is 442 g/mol. The van der Waals surface area contributed by atoms with Gasteiger partial charge in [0.2, 0.25) is 0 Å². The average Bonchev–Trinajstić information content (AvgIpc) is 3.00. The molecule has 31 heavy (non-hydrogen) atoms. The Morgan fingerprint density at radius 3 is 2.23 bits per heavy atom. The number of piperidine rings is 1. The predicted octanol–water partition coefficient (Wildman–Crippen LogP) is 3.17. The van der Waals surface area contributed by atoms with Crippen LogP contribution >= 0.6 is 0 Å². The molecule has 0 spiro atoms. The Balaban J connectivity index is 1.36. The fourth-order valence-corrected chi connectivity index (χ4v) is 5.44. The summed E-state index contributed by atoms with van der Waals surface area (Å²) in [6, 6.07) is 14.9. The lowest BCUT2D eigenvalue weighted by atomic mass is 10.00. The highest BCUT2D eigenvalue weighted by molar-refractivity contribution is 7.90. The lowest BCUT2D eigenvalue weighted by Crippen LogP contribution is -2.53. The van der Waals surface area contributed by atoms with Gasteiger partial charge in [-0.1, -0.05) is 48.0 Å². The van der Waals surface area contributed by atoms with Crippen LogP contribution in [0.5, 0.6) is 0 Å². The highest BCUT2D eigenvalue weighted by atomic mass is 32.2. The van der Waals surface area contributed by atoms with E-state index in [1.807, 2.05) is 37.3 Å². The zero-order valence-electron chi connectivity index (χ0n) is 17.4. The number of aryl methyl sites for hydroxylation is 1. The fourth-order valence-electron chi connectivity index (χ4n) is 4.49. The van der Waals surface area contributed by atoms with Crippen LogP contribution in [-0.4, -0.2) is 43.5 Å². The third-order valence-electron chi connectivity index (χ3n) is 5.97. The van der Waals surface area contributed by atoms with Crippen molar-refractivity contribution in [2.45, 2.75) is 62.1 Å². The first-order valence-corrected chi connectivity index (χ1v) is 12.0. The van der Waals surface area contributed by atoms with E-state index in [1.54, 1.807) is 17.0 Å². The molecule has 0 aromatic heterocycles. The Morgan fingerprint density at radius 2 is 1.61 bits per heavy atom. The van der Waals surface area contributed by atoms with Gasteiger partial charge in [-0.15, -0.1) is 0 Å². The van der Waals surface area contributed by atoms with E-state index in [0.29, 0.717) is 12.8 Å². The van der Waals surface area contributed by atoms with Crippen molar-refractivity contribution in [2.75, 3.05) is 0 Å². The summed E-state index contributed by atoms with van der Waals surface area (Å²) in [5.74, 6) is -0.282. The largest absolute Gasteiger partial charge is 0.462 e. The molecule has 0 saturated carbocycles. The normalized spacial score (nSPS) is 22.7. The zero-order chi connectivity index (χ0) is 22.0. The molecule has 2 aromatic rings. The minimum atomic E-state index is -3.94. The first-order chi connectivity index (χ1) is 14.8. The highest BCUT2D eigenvalue weighted by Crippen LogP contribution is 2.37. The molecule has 2 saturated heterocycles. The number of urea groups is 1. The lowest BCUT2D eigenvalue weighted by molar-refractivity contribution is -0.151. The van der Waals surface area contributed by atoms with Gasteiger partial charge in [0.15, 0.2) is 0 Å². The van der Waals surface area contributed by atoms with Crippen LogP contribution in [0, 0.1) is 6.92 Å². The number of esters is 1. The van der Waals surface area contributed by atoms with Crippen molar-refractivity contribution in [1.29, 1.82) is 0 Å². The van der Waals surface area contributed by atoms with E-state index in [-0.39, 0.29) is 35.5 Å². The van der Waals surface area contributed by atoms with Gasteiger partial charge < -0.3 is 9.64 Å². The number of amides is 2. The number of nitrogens with one attached hydrogen (secondary N) is 1. The van der Waals surface area contributed by atoms with E-state index >= 15 is 0 Å². The Kier molecular flexibility index (Phi) is 6.00. The van der Waals surface area contributed by atoms with E-state index < -0.39 is 16.1 Å². The van der Waals surface area contributed by atoms with Crippen LogP contribution in [0.3, 0.4) is 0 Å². The van der Waals surface area contributed by atoms with E-state index in [2.05, 4.69) is 4.72 Å². The minimum absolute atomic E-state index is 0.0588. The molecular formula is C23H26N2O5S. The quantitative estimate of drug-likeness (QED) is 0.718. The molecule has 2 aliphatic heterocycles. The number of carbonyl (C=O) groups is 2. The van der Waals surface area contributed by atoms with Crippen LogP contribution in [0.2, 0.25) is 0 Å². The molecule has 2 fully saturated rings. The molecule has 2 bridgehead atoms. The van der Waals surface area contributed by atoms with Crippen molar-refractivity contribution in [3.63, 3.8) is 0 Å². The number of hydrogen-bond donors (Lipinski definition) is 1. The van der Waals surface area contributed by atoms with Gasteiger partial charge in [0.05, 0.1) is 11.3 Å². The van der Waals surface area contributed by atoms with Crippen molar-refractivity contribution in [3.8, 4) is 0 Å². The number of benzene rings is 2. The summed E-state index contributed by atoms with van der Waals surface area (Å²) >= 11 is 0. The van der Waals surface area contributed by atoms with Crippen molar-refractivity contribution < 1.29 is 22.7 Å². The Morgan fingerprint density at radius 1 is 1.00 bits per heavy atom. The predicted molar refractivity (Wildman–Crippen MR) is 115 cm³/mol. The van der Waals surface area contributed by atoms with Crippen molar-refractivity contribution in [2.24, 2.45) is 0 Å². The molecule has 164 valence electrons. The smallest absolute Gasteiger partial charge is 0.331 e. The van der Waals surface area contributed by atoms with Gasteiger partial charge in [-0.2, -0.15) is 0 Å². The van der Waals surface area contributed by atoms with Crippen LogP contribution in [0.15, 0.2) is 59.5 Å². The maximum absolute atomic E-state index is 12.8. The van der Waals surface area contributed by atoms with E-state index in [4.69, 9.17) is 4.74 Å². The summed E-state index contributed by atoms with van der Waals surface area (Å²) in [5.41, 5.74) is 1.83. The van der Waals surface area contributed by atoms with Crippen LogP contribution in [-0.2, 0) is 26.0 Å². The van der Waals surface area contributed by atoms with Gasteiger partial charge in [-0.3, -0.25) is 4.79 Å². The van der Waals surface area contributed by atoms with Crippen LogP contribution in [0.4, 0.5) is 4.79 Å². The van der Waals surface area contributed by atoms with Crippen molar-refractivity contribution in [3.05, 3.63) is 65.7 Å². The first kappa shape index (κ1) is 21.4. The second-order valence-corrected chi connectivity index (χ2v) is 9.94. The van der Waals surface area contributed by atoms with E-state index in [0.717, 1.165) is 24.0 Å². The Bertz CT molecular complexity index is 1040. The summed E-state index contributed by atoms with van der Waals surface area (Å²) in [6.45, 7) is 1.86. The van der Waals surface area contributed by atoms with Crippen LogP contribution in [0.25, 0.3) is 0 Å². The summed E-state index contributed by atoms with van der Waals surface area (Å²) in [4.78, 5) is 26.8. The van der Waals surface area contributed by atoms with Crippen molar-refractivity contribution >= 4 is 22.0 Å². The molecule has 1 N–H and O–H groups in total. The molecule has 1 unspecified atom stereocenters. The zero-order valence-corrected chi connectivity index (χ0v) is 18.2. The highest BCUT2D eigenvalue weighted by Gasteiger charge is 2.45.